The molecule has 0 bridgehead atoms. The highest BCUT2D eigenvalue weighted by atomic mass is 31.2. The van der Waals surface area contributed by atoms with Gasteiger partial charge in [-0.15, -0.1) is 0 Å². The number of allylic oxidation sites excluding steroid dienone is 6. The van der Waals surface area contributed by atoms with Gasteiger partial charge in [-0.25, -0.2) is 4.57 Å². The second-order valence-electron chi connectivity index (χ2n) is 8.02. The Morgan fingerprint density at radius 2 is 2.00 bits per heavy atom. The lowest BCUT2D eigenvalue weighted by Gasteiger charge is -2.27. The molecule has 0 heterocycles. The van der Waals surface area contributed by atoms with Gasteiger partial charge in [0.25, 0.3) is 0 Å². The summed E-state index contributed by atoms with van der Waals surface area (Å²) in [5, 5.41) is 13.7. The predicted molar refractivity (Wildman–Crippen MR) is 130 cm³/mol. The van der Waals surface area contributed by atoms with Gasteiger partial charge >= 0.3 is 7.82 Å². The minimum atomic E-state index is -4.64. The Bertz CT molecular complexity index is 962. The maximum absolute atomic E-state index is 10.9. The number of nitrogens with two attached hydrogens (primary N) is 1. The molecule has 1 aromatic carbocycles. The third kappa shape index (κ3) is 10.0. The van der Waals surface area contributed by atoms with E-state index in [9.17, 15) is 9.67 Å². The van der Waals surface area contributed by atoms with Crippen LogP contribution in [0.3, 0.4) is 0 Å². The van der Waals surface area contributed by atoms with E-state index in [0.717, 1.165) is 22.4 Å². The summed E-state index contributed by atoms with van der Waals surface area (Å²) in [6, 6.07) is 7.66. The van der Waals surface area contributed by atoms with Crippen molar-refractivity contribution in [2.45, 2.75) is 32.2 Å². The summed E-state index contributed by atoms with van der Waals surface area (Å²) >= 11 is 0. The van der Waals surface area contributed by atoms with Gasteiger partial charge in [-0.2, -0.15) is 0 Å². The number of hydrogen-bond donors (Lipinski definition) is 4. The van der Waals surface area contributed by atoms with E-state index in [1.54, 1.807) is 0 Å². The molecule has 1 aromatic rings. The maximum atomic E-state index is 10.9. The van der Waals surface area contributed by atoms with Crippen molar-refractivity contribution in [3.05, 3.63) is 83.5 Å². The third-order valence-corrected chi connectivity index (χ3v) is 5.61. The third-order valence-electron chi connectivity index (χ3n) is 5.14. The topological polar surface area (TPSA) is 135 Å². The number of phosphoric ester groups is 1. The summed E-state index contributed by atoms with van der Waals surface area (Å²) in [6.07, 6.45) is 15.2. The Balaban J connectivity index is 1.88. The van der Waals surface area contributed by atoms with E-state index < -0.39 is 26.6 Å². The average Bonchev–Trinajstić information content (AvgIpc) is 3.01. The summed E-state index contributed by atoms with van der Waals surface area (Å²) in [4.78, 5) is 23.2. The van der Waals surface area contributed by atoms with Crippen LogP contribution in [0.15, 0.2) is 77.5 Å². The Morgan fingerprint density at radius 1 is 1.27 bits per heavy atom. The molecule has 0 spiro atoms. The molecule has 9 heteroatoms. The van der Waals surface area contributed by atoms with Crippen molar-refractivity contribution in [1.82, 2.24) is 0 Å². The Kier molecular flexibility index (Phi) is 10.4. The molecule has 2 unspecified atom stereocenters. The van der Waals surface area contributed by atoms with E-state index in [2.05, 4.69) is 27.9 Å². The molecule has 33 heavy (non-hydrogen) atoms. The van der Waals surface area contributed by atoms with Crippen molar-refractivity contribution in [3.63, 3.8) is 0 Å². The van der Waals surface area contributed by atoms with Crippen molar-refractivity contribution in [2.75, 3.05) is 19.8 Å². The lowest BCUT2D eigenvalue weighted by atomic mass is 9.93. The quantitative estimate of drug-likeness (QED) is 0.157. The second-order valence-corrected chi connectivity index (χ2v) is 9.26. The van der Waals surface area contributed by atoms with Gasteiger partial charge in [0.05, 0.1) is 24.5 Å². The van der Waals surface area contributed by atoms with Crippen LogP contribution in [-0.2, 0) is 20.3 Å². The Labute approximate surface area is 195 Å². The lowest BCUT2D eigenvalue weighted by Crippen LogP contribution is -2.48. The van der Waals surface area contributed by atoms with Crippen molar-refractivity contribution in [3.8, 4) is 0 Å². The molecule has 0 fully saturated rings. The molecule has 1 aliphatic carbocycles. The largest absolute Gasteiger partial charge is 0.469 e. The van der Waals surface area contributed by atoms with Crippen LogP contribution in [0.4, 0.5) is 0 Å². The van der Waals surface area contributed by atoms with Crippen LogP contribution in [-0.4, -0.2) is 46.0 Å². The van der Waals surface area contributed by atoms with Gasteiger partial charge in [-0.05, 0) is 43.4 Å². The zero-order chi connectivity index (χ0) is 24.3. The monoisotopic (exact) mass is 476 g/mol. The van der Waals surface area contributed by atoms with E-state index in [-0.39, 0.29) is 5.92 Å². The summed E-state index contributed by atoms with van der Waals surface area (Å²) in [5.74, 6) is 0.285. The molecule has 0 saturated carbocycles. The molecular weight excluding hydrogens is 443 g/mol. The highest BCUT2D eigenvalue weighted by molar-refractivity contribution is 7.46. The fraction of sp³-hybridized carbons (Fsp3) is 0.375. The zero-order valence-corrected chi connectivity index (χ0v) is 19.9. The Morgan fingerprint density at radius 3 is 2.64 bits per heavy atom. The van der Waals surface area contributed by atoms with Crippen LogP contribution in [0, 0.1) is 5.92 Å². The molecule has 0 radical (unpaired) electrons. The van der Waals surface area contributed by atoms with Crippen LogP contribution in [0.1, 0.15) is 31.4 Å². The standard InChI is InChI=1S/C24H33N2O6P/c1-3-5-20-6-4-7-22(9-8-20)16-31-26-19(2)23-12-10-21(11-13-23)14-15-24(25,17-27)18-32-33(28,29)30/h3-13,20,27H,14-18,25H2,1-2H3,(H2,28,29,30)/b5-3+,26-19+. The number of oxime groups is 1. The van der Waals surface area contributed by atoms with Gasteiger partial charge < -0.3 is 25.5 Å². The second kappa shape index (κ2) is 12.8. The highest BCUT2D eigenvalue weighted by Gasteiger charge is 2.28. The average molecular weight is 477 g/mol. The first-order valence-corrected chi connectivity index (χ1v) is 12.2. The number of aryl methyl sites for hydroxylation is 1. The number of aliphatic hydroxyl groups excluding tert-OH is 1. The number of hydrogen-bond acceptors (Lipinski definition) is 6. The van der Waals surface area contributed by atoms with E-state index in [1.165, 1.54) is 0 Å². The number of aliphatic hydroxyl groups is 1. The van der Waals surface area contributed by atoms with Crippen molar-refractivity contribution >= 4 is 13.5 Å². The summed E-state index contributed by atoms with van der Waals surface area (Å²) in [7, 11) is -4.64. The van der Waals surface area contributed by atoms with E-state index in [4.69, 9.17) is 20.4 Å². The molecule has 2 rings (SSSR count). The fourth-order valence-corrected chi connectivity index (χ4v) is 3.51. The molecule has 0 aliphatic heterocycles. The van der Waals surface area contributed by atoms with E-state index in [0.29, 0.717) is 19.4 Å². The number of phosphoric acid groups is 1. The minimum Gasteiger partial charge on any atom is -0.394 e. The van der Waals surface area contributed by atoms with Crippen LogP contribution >= 0.6 is 7.82 Å². The van der Waals surface area contributed by atoms with Crippen LogP contribution in [0.25, 0.3) is 0 Å². The van der Waals surface area contributed by atoms with E-state index >= 15 is 0 Å². The van der Waals surface area contributed by atoms with Gasteiger partial charge in [0.15, 0.2) is 0 Å². The van der Waals surface area contributed by atoms with Gasteiger partial charge in [0, 0.05) is 5.92 Å². The summed E-state index contributed by atoms with van der Waals surface area (Å²) in [6.45, 7) is 3.34. The van der Waals surface area contributed by atoms with Gasteiger partial charge in [-0.1, -0.05) is 72.0 Å². The van der Waals surface area contributed by atoms with Gasteiger partial charge in [0.1, 0.15) is 6.61 Å². The predicted octanol–water partition coefficient (Wildman–Crippen LogP) is 3.40. The molecule has 1 aliphatic rings. The number of benzene rings is 1. The minimum absolute atomic E-state index is 0.285. The molecule has 0 amide bonds. The van der Waals surface area contributed by atoms with Crippen LogP contribution in [0.2, 0.25) is 0 Å². The molecule has 180 valence electrons. The Hall–Kier alpha value is -2.32. The first kappa shape index (κ1) is 26.9. The molecule has 2 atom stereocenters. The smallest absolute Gasteiger partial charge is 0.394 e. The summed E-state index contributed by atoms with van der Waals surface area (Å²) in [5.41, 5.74) is 8.40. The molecule has 5 N–H and O–H groups in total. The van der Waals surface area contributed by atoms with Crippen LogP contribution < -0.4 is 5.73 Å². The molecule has 0 aromatic heterocycles. The fourth-order valence-electron chi connectivity index (χ4n) is 3.08. The highest BCUT2D eigenvalue weighted by Crippen LogP contribution is 2.36. The first-order valence-electron chi connectivity index (χ1n) is 10.7. The van der Waals surface area contributed by atoms with Crippen molar-refractivity contribution in [2.24, 2.45) is 16.8 Å². The number of nitrogens with zero attached hydrogens (tertiary/aromatic N) is 1. The molecule has 8 nitrogen and oxygen atoms in total. The number of rotatable bonds is 12. The molecular formula is C24H33N2O6P. The first-order chi connectivity index (χ1) is 15.6. The van der Waals surface area contributed by atoms with E-state index in [1.807, 2.05) is 62.4 Å². The summed E-state index contributed by atoms with van der Waals surface area (Å²) < 4.78 is 15.4. The van der Waals surface area contributed by atoms with Crippen molar-refractivity contribution in [1.29, 1.82) is 0 Å². The SMILES string of the molecule is C/C=C/C1C=CC=C(CO/N=C(\C)c2ccc(CCC(N)(CO)COP(=O)(O)O)cc2)C=C1. The van der Waals surface area contributed by atoms with Gasteiger partial charge in [-0.3, -0.25) is 4.52 Å². The maximum Gasteiger partial charge on any atom is 0.469 e. The normalized spacial score (nSPS) is 18.8. The van der Waals surface area contributed by atoms with Gasteiger partial charge in [0.2, 0.25) is 0 Å². The molecule has 0 saturated heterocycles. The lowest BCUT2D eigenvalue weighted by molar-refractivity contribution is 0.102. The van der Waals surface area contributed by atoms with Crippen molar-refractivity contribution < 1.29 is 28.8 Å². The van der Waals surface area contributed by atoms with Crippen LogP contribution in [0.5, 0.6) is 0 Å². The zero-order valence-electron chi connectivity index (χ0n) is 19.0.